The molecular formula is C10H13BrFNO2. The normalized spacial score (nSPS) is 12.6. The quantitative estimate of drug-likeness (QED) is 0.885. The van der Waals surface area contributed by atoms with Crippen molar-refractivity contribution in [3.63, 3.8) is 0 Å². The van der Waals surface area contributed by atoms with E-state index >= 15 is 0 Å². The summed E-state index contributed by atoms with van der Waals surface area (Å²) in [5, 5.41) is 9.73. The molecule has 0 spiro atoms. The minimum absolute atomic E-state index is 0.332. The Morgan fingerprint density at radius 2 is 2.27 bits per heavy atom. The fourth-order valence-corrected chi connectivity index (χ4v) is 1.97. The highest BCUT2D eigenvalue weighted by atomic mass is 79.9. The average Bonchev–Trinajstić information content (AvgIpc) is 2.17. The number of methoxy groups -OCH3 is 1. The molecule has 1 rings (SSSR count). The Balaban J connectivity index is 3.13. The van der Waals surface area contributed by atoms with Crippen molar-refractivity contribution in [3.05, 3.63) is 28.0 Å². The first-order valence-electron chi connectivity index (χ1n) is 4.51. The van der Waals surface area contributed by atoms with Crippen molar-refractivity contribution in [2.45, 2.75) is 12.5 Å². The molecule has 0 bridgehead atoms. The van der Waals surface area contributed by atoms with E-state index < -0.39 is 11.9 Å². The lowest BCUT2D eigenvalue weighted by molar-refractivity contribution is 0.165. The maximum absolute atomic E-state index is 13.1. The predicted molar refractivity (Wildman–Crippen MR) is 59.3 cm³/mol. The first kappa shape index (κ1) is 12.4. The van der Waals surface area contributed by atoms with Gasteiger partial charge < -0.3 is 15.6 Å². The van der Waals surface area contributed by atoms with E-state index in [-0.39, 0.29) is 0 Å². The van der Waals surface area contributed by atoms with Crippen LogP contribution in [-0.4, -0.2) is 18.8 Å². The van der Waals surface area contributed by atoms with Gasteiger partial charge in [0, 0.05) is 5.56 Å². The van der Waals surface area contributed by atoms with Gasteiger partial charge in [0.15, 0.2) is 0 Å². The third-order valence-electron chi connectivity index (χ3n) is 2.04. The van der Waals surface area contributed by atoms with Gasteiger partial charge in [0.25, 0.3) is 0 Å². The molecule has 0 saturated carbocycles. The second-order valence-corrected chi connectivity index (χ2v) is 3.96. The molecule has 1 unspecified atom stereocenters. The number of hydrogen-bond acceptors (Lipinski definition) is 3. The van der Waals surface area contributed by atoms with E-state index in [1.165, 1.54) is 19.2 Å². The molecule has 0 aliphatic carbocycles. The summed E-state index contributed by atoms with van der Waals surface area (Å²) < 4.78 is 18.7. The Labute approximate surface area is 96.2 Å². The van der Waals surface area contributed by atoms with Crippen molar-refractivity contribution >= 4 is 15.9 Å². The summed E-state index contributed by atoms with van der Waals surface area (Å²) >= 11 is 3.17. The van der Waals surface area contributed by atoms with Crippen LogP contribution >= 0.6 is 15.9 Å². The summed E-state index contributed by atoms with van der Waals surface area (Å²) in [5.74, 6) is 0.0195. The first-order valence-corrected chi connectivity index (χ1v) is 5.30. The first-order chi connectivity index (χ1) is 7.10. The second kappa shape index (κ2) is 5.44. The molecule has 1 atom stereocenters. The van der Waals surface area contributed by atoms with E-state index in [2.05, 4.69) is 15.9 Å². The van der Waals surface area contributed by atoms with Gasteiger partial charge >= 0.3 is 0 Å². The summed E-state index contributed by atoms with van der Waals surface area (Å²) in [5.41, 5.74) is 5.74. The molecule has 0 fully saturated rings. The molecule has 0 heterocycles. The van der Waals surface area contributed by atoms with Crippen molar-refractivity contribution in [3.8, 4) is 5.75 Å². The summed E-state index contributed by atoms with van der Waals surface area (Å²) in [6.45, 7) is 0.332. The zero-order valence-electron chi connectivity index (χ0n) is 8.34. The minimum atomic E-state index is -0.808. The molecule has 15 heavy (non-hydrogen) atoms. The molecule has 3 nitrogen and oxygen atoms in total. The summed E-state index contributed by atoms with van der Waals surface area (Å²) in [7, 11) is 1.47. The van der Waals surface area contributed by atoms with E-state index in [9.17, 15) is 9.50 Å². The smallest absolute Gasteiger partial charge is 0.139 e. The number of halogens is 2. The van der Waals surface area contributed by atoms with Gasteiger partial charge in [-0.1, -0.05) is 0 Å². The monoisotopic (exact) mass is 277 g/mol. The maximum atomic E-state index is 13.1. The number of ether oxygens (including phenoxy) is 1. The Bertz CT molecular complexity index is 346. The fraction of sp³-hybridized carbons (Fsp3) is 0.400. The topological polar surface area (TPSA) is 55.5 Å². The van der Waals surface area contributed by atoms with E-state index in [4.69, 9.17) is 10.5 Å². The molecule has 0 radical (unpaired) electrons. The van der Waals surface area contributed by atoms with Crippen LogP contribution in [0.5, 0.6) is 5.75 Å². The largest absolute Gasteiger partial charge is 0.495 e. The van der Waals surface area contributed by atoms with Crippen molar-refractivity contribution in [1.82, 2.24) is 0 Å². The van der Waals surface area contributed by atoms with E-state index in [1.807, 2.05) is 0 Å². The van der Waals surface area contributed by atoms with E-state index in [0.717, 1.165) is 0 Å². The molecule has 3 N–H and O–H groups in total. The standard InChI is InChI=1S/C10H13BrFNO2/c1-15-10-7(9(14)2-3-13)4-6(12)5-8(10)11/h4-5,9,14H,2-3,13H2,1H3. The SMILES string of the molecule is COc1c(Br)cc(F)cc1C(O)CCN. The van der Waals surface area contributed by atoms with Crippen molar-refractivity contribution < 1.29 is 14.2 Å². The highest BCUT2D eigenvalue weighted by Crippen LogP contribution is 2.34. The number of benzene rings is 1. The molecule has 5 heteroatoms. The van der Waals surface area contributed by atoms with Crippen LogP contribution in [0.4, 0.5) is 4.39 Å². The summed E-state index contributed by atoms with van der Waals surface area (Å²) in [6.07, 6.45) is -0.441. The Kier molecular flexibility index (Phi) is 4.50. The zero-order chi connectivity index (χ0) is 11.4. The van der Waals surface area contributed by atoms with Gasteiger partial charge in [-0.25, -0.2) is 4.39 Å². The van der Waals surface area contributed by atoms with Crippen molar-refractivity contribution in [1.29, 1.82) is 0 Å². The molecule has 1 aromatic carbocycles. The lowest BCUT2D eigenvalue weighted by atomic mass is 10.1. The van der Waals surface area contributed by atoms with E-state index in [1.54, 1.807) is 0 Å². The fourth-order valence-electron chi connectivity index (χ4n) is 1.36. The van der Waals surface area contributed by atoms with Crippen LogP contribution < -0.4 is 10.5 Å². The van der Waals surface area contributed by atoms with Crippen LogP contribution in [0.15, 0.2) is 16.6 Å². The number of hydrogen-bond donors (Lipinski definition) is 2. The van der Waals surface area contributed by atoms with Crippen LogP contribution in [0.3, 0.4) is 0 Å². The van der Waals surface area contributed by atoms with Crippen molar-refractivity contribution in [2.24, 2.45) is 5.73 Å². The zero-order valence-corrected chi connectivity index (χ0v) is 9.92. The third kappa shape index (κ3) is 2.90. The predicted octanol–water partition coefficient (Wildman–Crippen LogP) is 1.98. The number of aliphatic hydroxyl groups excluding tert-OH is 1. The van der Waals surface area contributed by atoms with Crippen LogP contribution in [0.25, 0.3) is 0 Å². The average molecular weight is 278 g/mol. The molecule has 84 valence electrons. The van der Waals surface area contributed by atoms with Gasteiger partial charge in [0.05, 0.1) is 17.7 Å². The molecule has 0 saturated heterocycles. The summed E-state index contributed by atoms with van der Waals surface area (Å²) in [6, 6.07) is 2.54. The van der Waals surface area contributed by atoms with Crippen molar-refractivity contribution in [2.75, 3.05) is 13.7 Å². The molecular weight excluding hydrogens is 265 g/mol. The van der Waals surface area contributed by atoms with Crippen LogP contribution in [-0.2, 0) is 0 Å². The van der Waals surface area contributed by atoms with Gasteiger partial charge in [-0.2, -0.15) is 0 Å². The molecule has 1 aromatic rings. The Morgan fingerprint density at radius 1 is 1.60 bits per heavy atom. The molecule has 0 aromatic heterocycles. The van der Waals surface area contributed by atoms with Crippen LogP contribution in [0, 0.1) is 5.82 Å². The van der Waals surface area contributed by atoms with Gasteiger partial charge in [0.2, 0.25) is 0 Å². The van der Waals surface area contributed by atoms with Gasteiger partial charge in [-0.3, -0.25) is 0 Å². The third-order valence-corrected chi connectivity index (χ3v) is 2.63. The Morgan fingerprint density at radius 3 is 2.80 bits per heavy atom. The van der Waals surface area contributed by atoms with Gasteiger partial charge in [-0.05, 0) is 41.0 Å². The minimum Gasteiger partial charge on any atom is -0.495 e. The molecule has 0 amide bonds. The van der Waals surface area contributed by atoms with Gasteiger partial charge in [-0.15, -0.1) is 0 Å². The number of rotatable bonds is 4. The highest BCUT2D eigenvalue weighted by molar-refractivity contribution is 9.10. The lowest BCUT2D eigenvalue weighted by Gasteiger charge is -2.15. The second-order valence-electron chi connectivity index (χ2n) is 3.10. The van der Waals surface area contributed by atoms with Crippen LogP contribution in [0.1, 0.15) is 18.1 Å². The molecule has 0 aliphatic heterocycles. The Hall–Kier alpha value is -0.650. The van der Waals surface area contributed by atoms with Gasteiger partial charge in [0.1, 0.15) is 11.6 Å². The molecule has 0 aliphatic rings. The lowest BCUT2D eigenvalue weighted by Crippen LogP contribution is -2.08. The van der Waals surface area contributed by atoms with Crippen LogP contribution in [0.2, 0.25) is 0 Å². The number of nitrogens with two attached hydrogens (primary N) is 1. The highest BCUT2D eigenvalue weighted by Gasteiger charge is 2.16. The summed E-state index contributed by atoms with van der Waals surface area (Å²) in [4.78, 5) is 0. The van der Waals surface area contributed by atoms with E-state index in [0.29, 0.717) is 28.8 Å². The maximum Gasteiger partial charge on any atom is 0.139 e. The number of aliphatic hydroxyl groups is 1.